The molecule has 0 bridgehead atoms. The van der Waals surface area contributed by atoms with Crippen LogP contribution in [0.15, 0.2) is 30.4 Å². The smallest absolute Gasteiger partial charge is 0.338 e. The van der Waals surface area contributed by atoms with E-state index in [9.17, 15) is 9.59 Å². The topological polar surface area (TPSA) is 78.6 Å². The Labute approximate surface area is 137 Å². The van der Waals surface area contributed by atoms with Crippen LogP contribution in [-0.2, 0) is 14.3 Å². The molecule has 1 rings (SSSR count). The van der Waals surface area contributed by atoms with Crippen LogP contribution >= 0.6 is 0 Å². The van der Waals surface area contributed by atoms with Crippen molar-refractivity contribution in [2.45, 2.75) is 39.5 Å². The van der Waals surface area contributed by atoms with Gasteiger partial charge in [0.25, 0.3) is 0 Å². The summed E-state index contributed by atoms with van der Waals surface area (Å²) in [6, 6.07) is 5.18. The number of hydrogen-bond acceptors (Lipinski definition) is 5. The highest BCUT2D eigenvalue weighted by Gasteiger charge is 2.08. The zero-order valence-electron chi connectivity index (χ0n) is 13.9. The summed E-state index contributed by atoms with van der Waals surface area (Å²) in [5, 5.41) is 0. The zero-order valence-corrected chi connectivity index (χ0v) is 13.9. The zero-order chi connectivity index (χ0) is 17.2. The van der Waals surface area contributed by atoms with Gasteiger partial charge in [-0.1, -0.05) is 6.58 Å². The molecule has 0 saturated heterocycles. The van der Waals surface area contributed by atoms with Crippen LogP contribution in [0.25, 0.3) is 0 Å². The second-order valence-electron chi connectivity index (χ2n) is 5.60. The first-order valence-corrected chi connectivity index (χ1v) is 7.77. The summed E-state index contributed by atoms with van der Waals surface area (Å²) in [4.78, 5) is 23.0. The van der Waals surface area contributed by atoms with Crippen LogP contribution in [0, 0.1) is 6.92 Å². The molecule has 0 spiro atoms. The van der Waals surface area contributed by atoms with E-state index in [2.05, 4.69) is 6.58 Å². The number of esters is 2. The number of aryl methyl sites for hydroxylation is 1. The predicted octanol–water partition coefficient (Wildman–Crippen LogP) is 3.41. The van der Waals surface area contributed by atoms with E-state index in [1.54, 1.807) is 25.1 Å². The van der Waals surface area contributed by atoms with Crippen LogP contribution in [0.1, 0.15) is 48.5 Å². The van der Waals surface area contributed by atoms with Crippen molar-refractivity contribution in [1.29, 1.82) is 0 Å². The minimum absolute atomic E-state index is 0.351. The van der Waals surface area contributed by atoms with Crippen molar-refractivity contribution in [3.63, 3.8) is 0 Å². The molecule has 1 aromatic carbocycles. The Kier molecular flexibility index (Phi) is 7.88. The Bertz CT molecular complexity index is 546. The van der Waals surface area contributed by atoms with Gasteiger partial charge in [-0.05, 0) is 63.3 Å². The van der Waals surface area contributed by atoms with Crippen molar-refractivity contribution in [1.82, 2.24) is 0 Å². The Morgan fingerprint density at radius 2 is 1.65 bits per heavy atom. The fourth-order valence-corrected chi connectivity index (χ4v) is 2.02. The third-order valence-electron chi connectivity index (χ3n) is 3.19. The molecular formula is C18H25NO4. The van der Waals surface area contributed by atoms with Gasteiger partial charge in [-0.3, -0.25) is 0 Å². The lowest BCUT2D eigenvalue weighted by Crippen LogP contribution is -2.08. The number of benzene rings is 1. The predicted molar refractivity (Wildman–Crippen MR) is 90.1 cm³/mol. The van der Waals surface area contributed by atoms with Gasteiger partial charge in [0.15, 0.2) is 0 Å². The van der Waals surface area contributed by atoms with E-state index in [4.69, 9.17) is 15.2 Å². The number of ether oxygens (including phenoxy) is 2. The van der Waals surface area contributed by atoms with E-state index in [-0.39, 0.29) is 11.9 Å². The monoisotopic (exact) mass is 319 g/mol. The summed E-state index contributed by atoms with van der Waals surface area (Å²) in [5.41, 5.74) is 8.09. The molecule has 5 nitrogen and oxygen atoms in total. The number of anilines is 1. The van der Waals surface area contributed by atoms with E-state index in [1.165, 1.54) is 0 Å². The average molecular weight is 319 g/mol. The van der Waals surface area contributed by atoms with E-state index >= 15 is 0 Å². The molecule has 2 N–H and O–H groups in total. The molecule has 0 radical (unpaired) electrons. The van der Waals surface area contributed by atoms with Crippen molar-refractivity contribution >= 4 is 17.6 Å². The van der Waals surface area contributed by atoms with Gasteiger partial charge in [0, 0.05) is 11.3 Å². The largest absolute Gasteiger partial charge is 0.462 e. The molecule has 0 aliphatic carbocycles. The van der Waals surface area contributed by atoms with Gasteiger partial charge in [-0.2, -0.15) is 0 Å². The van der Waals surface area contributed by atoms with Crippen LogP contribution in [0.2, 0.25) is 0 Å². The molecule has 0 aliphatic heterocycles. The SMILES string of the molecule is C=C(C)C(=O)OCCCCCCOC(=O)c1cc(C)cc(N)c1. The van der Waals surface area contributed by atoms with Gasteiger partial charge < -0.3 is 15.2 Å². The second kappa shape index (κ2) is 9.66. The van der Waals surface area contributed by atoms with Crippen molar-refractivity contribution in [3.8, 4) is 0 Å². The van der Waals surface area contributed by atoms with E-state index in [1.807, 2.05) is 6.92 Å². The van der Waals surface area contributed by atoms with Gasteiger partial charge in [0.1, 0.15) is 0 Å². The molecule has 0 aromatic heterocycles. The minimum atomic E-state index is -0.351. The highest BCUT2D eigenvalue weighted by molar-refractivity contribution is 5.90. The van der Waals surface area contributed by atoms with Gasteiger partial charge >= 0.3 is 11.9 Å². The molecule has 0 heterocycles. The molecule has 1 aromatic rings. The first kappa shape index (κ1) is 18.7. The standard InChI is InChI=1S/C18H25NO4/c1-13(2)17(20)22-8-6-4-5-7-9-23-18(21)15-10-14(3)11-16(19)12-15/h10-12H,1,4-9,19H2,2-3H3. The molecule has 0 saturated carbocycles. The van der Waals surface area contributed by atoms with Crippen molar-refractivity contribution in [2.24, 2.45) is 0 Å². The summed E-state index contributed by atoms with van der Waals surface area (Å²) >= 11 is 0. The first-order chi connectivity index (χ1) is 10.9. The van der Waals surface area contributed by atoms with Gasteiger partial charge in [0.2, 0.25) is 0 Å². The molecule has 0 fully saturated rings. The summed E-state index contributed by atoms with van der Waals surface area (Å²) < 4.78 is 10.2. The number of carbonyl (C=O) groups is 2. The lowest BCUT2D eigenvalue weighted by atomic mass is 10.1. The Morgan fingerprint density at radius 1 is 1.04 bits per heavy atom. The second-order valence-corrected chi connectivity index (χ2v) is 5.60. The molecule has 126 valence electrons. The fourth-order valence-electron chi connectivity index (χ4n) is 2.02. The minimum Gasteiger partial charge on any atom is -0.462 e. The molecular weight excluding hydrogens is 294 g/mol. The van der Waals surface area contributed by atoms with Gasteiger partial charge in [-0.15, -0.1) is 0 Å². The molecule has 0 atom stereocenters. The highest BCUT2D eigenvalue weighted by atomic mass is 16.5. The maximum atomic E-state index is 11.9. The van der Waals surface area contributed by atoms with Crippen LogP contribution in [0.5, 0.6) is 0 Å². The third kappa shape index (κ3) is 7.49. The van der Waals surface area contributed by atoms with Crippen LogP contribution < -0.4 is 5.73 Å². The number of unbranched alkanes of at least 4 members (excludes halogenated alkanes) is 3. The molecule has 5 heteroatoms. The highest BCUT2D eigenvalue weighted by Crippen LogP contribution is 2.12. The molecule has 0 aliphatic rings. The fraction of sp³-hybridized carbons (Fsp3) is 0.444. The third-order valence-corrected chi connectivity index (χ3v) is 3.19. The van der Waals surface area contributed by atoms with Gasteiger partial charge in [-0.25, -0.2) is 9.59 Å². The van der Waals surface area contributed by atoms with Crippen LogP contribution in [0.3, 0.4) is 0 Å². The molecule has 0 amide bonds. The summed E-state index contributed by atoms with van der Waals surface area (Å²) in [5.74, 6) is -0.702. The lowest BCUT2D eigenvalue weighted by Gasteiger charge is -2.07. The average Bonchev–Trinajstić information content (AvgIpc) is 2.48. The van der Waals surface area contributed by atoms with Crippen molar-refractivity contribution < 1.29 is 19.1 Å². The normalized spacial score (nSPS) is 10.2. The van der Waals surface area contributed by atoms with E-state index < -0.39 is 0 Å². The Morgan fingerprint density at radius 3 is 2.22 bits per heavy atom. The summed E-state index contributed by atoms with van der Waals surface area (Å²) in [6.45, 7) is 7.79. The van der Waals surface area contributed by atoms with Crippen LogP contribution in [0.4, 0.5) is 5.69 Å². The molecule has 23 heavy (non-hydrogen) atoms. The van der Waals surface area contributed by atoms with Crippen LogP contribution in [-0.4, -0.2) is 25.2 Å². The van der Waals surface area contributed by atoms with E-state index in [0.717, 1.165) is 31.2 Å². The number of nitrogen functional groups attached to an aromatic ring is 1. The number of nitrogens with two attached hydrogens (primary N) is 1. The van der Waals surface area contributed by atoms with Crippen molar-refractivity contribution in [2.75, 3.05) is 18.9 Å². The number of hydrogen-bond donors (Lipinski definition) is 1. The number of carbonyl (C=O) groups excluding carboxylic acids is 2. The Balaban J connectivity index is 2.12. The summed E-state index contributed by atoms with van der Waals surface area (Å²) in [7, 11) is 0. The first-order valence-electron chi connectivity index (χ1n) is 7.77. The molecule has 0 unspecified atom stereocenters. The number of rotatable bonds is 9. The van der Waals surface area contributed by atoms with Gasteiger partial charge in [0.05, 0.1) is 18.8 Å². The quantitative estimate of drug-likeness (QED) is 0.326. The summed E-state index contributed by atoms with van der Waals surface area (Å²) in [6.07, 6.45) is 3.40. The maximum absolute atomic E-state index is 11.9. The lowest BCUT2D eigenvalue weighted by molar-refractivity contribution is -0.139. The Hall–Kier alpha value is -2.30. The van der Waals surface area contributed by atoms with E-state index in [0.29, 0.717) is 30.0 Å². The van der Waals surface area contributed by atoms with Crippen molar-refractivity contribution in [3.05, 3.63) is 41.5 Å². The maximum Gasteiger partial charge on any atom is 0.338 e.